The molecular weight excluding hydrogens is 447 g/mol. The largest absolute Gasteiger partial charge is 0.497 e. The van der Waals surface area contributed by atoms with Gasteiger partial charge in [-0.2, -0.15) is 0 Å². The molecule has 2 heterocycles. The Morgan fingerprint density at radius 1 is 1.23 bits per heavy atom. The summed E-state index contributed by atoms with van der Waals surface area (Å²) in [5.41, 5.74) is 1.07. The van der Waals surface area contributed by atoms with E-state index >= 15 is 0 Å². The molecule has 0 aliphatic carbocycles. The summed E-state index contributed by atoms with van der Waals surface area (Å²) in [7, 11) is 1.50. The standard InChI is InChI=1S/C28H35FN2O4/c1-20-5-3-7-24(15-20)35-19-21-6-4-14-31(18-21)27(33)11-13-28(12-10-26(32)30-28)17-22-8-9-23(34-2)16-25(22)29/h3,5,7-9,15-16,21H,4,6,10-14,17-19H2,1-2H3,(H,30,32). The van der Waals surface area contributed by atoms with Crippen molar-refractivity contribution in [2.75, 3.05) is 26.8 Å². The number of benzene rings is 2. The summed E-state index contributed by atoms with van der Waals surface area (Å²) in [6.45, 7) is 4.05. The van der Waals surface area contributed by atoms with Gasteiger partial charge in [0.15, 0.2) is 0 Å². The number of rotatable bonds is 9. The van der Waals surface area contributed by atoms with E-state index in [4.69, 9.17) is 9.47 Å². The highest BCUT2D eigenvalue weighted by molar-refractivity contribution is 5.80. The van der Waals surface area contributed by atoms with Crippen molar-refractivity contribution in [2.45, 2.75) is 57.4 Å². The fourth-order valence-electron chi connectivity index (χ4n) is 5.20. The van der Waals surface area contributed by atoms with Gasteiger partial charge in [-0.15, -0.1) is 0 Å². The molecule has 0 aromatic heterocycles. The van der Waals surface area contributed by atoms with Gasteiger partial charge in [-0.1, -0.05) is 18.2 Å². The van der Waals surface area contributed by atoms with Crippen molar-refractivity contribution in [2.24, 2.45) is 5.92 Å². The highest BCUT2D eigenvalue weighted by Gasteiger charge is 2.39. The molecule has 0 radical (unpaired) electrons. The summed E-state index contributed by atoms with van der Waals surface area (Å²) < 4.78 is 25.7. The first-order valence-corrected chi connectivity index (χ1v) is 12.5. The molecule has 2 fully saturated rings. The SMILES string of the molecule is COc1ccc(CC2(CCC(=O)N3CCCC(COc4cccc(C)c4)C3)CCC(=O)N2)c(F)c1. The van der Waals surface area contributed by atoms with E-state index in [-0.39, 0.29) is 17.6 Å². The molecular formula is C28H35FN2O4. The van der Waals surface area contributed by atoms with E-state index < -0.39 is 5.54 Å². The highest BCUT2D eigenvalue weighted by atomic mass is 19.1. The molecule has 0 saturated carbocycles. The lowest BCUT2D eigenvalue weighted by Crippen LogP contribution is -2.46. The highest BCUT2D eigenvalue weighted by Crippen LogP contribution is 2.32. The zero-order valence-electron chi connectivity index (χ0n) is 20.6. The molecule has 2 amide bonds. The molecule has 0 spiro atoms. The van der Waals surface area contributed by atoms with Crippen LogP contribution in [-0.4, -0.2) is 49.1 Å². The molecule has 2 saturated heterocycles. The summed E-state index contributed by atoms with van der Waals surface area (Å²) in [5.74, 6) is 1.29. The summed E-state index contributed by atoms with van der Waals surface area (Å²) >= 11 is 0. The number of likely N-dealkylation sites (tertiary alicyclic amines) is 1. The van der Waals surface area contributed by atoms with Crippen molar-refractivity contribution < 1.29 is 23.5 Å². The molecule has 4 rings (SSSR count). The molecule has 2 aromatic carbocycles. The van der Waals surface area contributed by atoms with Gasteiger partial charge in [-0.3, -0.25) is 9.59 Å². The smallest absolute Gasteiger partial charge is 0.222 e. The first-order valence-electron chi connectivity index (χ1n) is 12.5. The zero-order valence-corrected chi connectivity index (χ0v) is 20.6. The van der Waals surface area contributed by atoms with Crippen LogP contribution in [0.2, 0.25) is 0 Å². The van der Waals surface area contributed by atoms with Crippen LogP contribution < -0.4 is 14.8 Å². The Hall–Kier alpha value is -3.09. The monoisotopic (exact) mass is 482 g/mol. The second-order valence-corrected chi connectivity index (χ2v) is 9.94. The van der Waals surface area contributed by atoms with Crippen molar-refractivity contribution in [1.29, 1.82) is 0 Å². The van der Waals surface area contributed by atoms with Crippen LogP contribution in [0.3, 0.4) is 0 Å². The van der Waals surface area contributed by atoms with Crippen LogP contribution >= 0.6 is 0 Å². The molecule has 2 unspecified atom stereocenters. The Balaban J connectivity index is 1.34. The van der Waals surface area contributed by atoms with Crippen LogP contribution in [0.25, 0.3) is 0 Å². The van der Waals surface area contributed by atoms with Crippen LogP contribution in [-0.2, 0) is 16.0 Å². The Labute approximate surface area is 206 Å². The second-order valence-electron chi connectivity index (χ2n) is 9.94. The number of nitrogens with zero attached hydrogens (tertiary/aromatic N) is 1. The summed E-state index contributed by atoms with van der Waals surface area (Å²) in [4.78, 5) is 27.1. The lowest BCUT2D eigenvalue weighted by molar-refractivity contribution is -0.134. The number of halogens is 1. The summed E-state index contributed by atoms with van der Waals surface area (Å²) in [6, 6.07) is 12.8. The summed E-state index contributed by atoms with van der Waals surface area (Å²) in [6.07, 6.45) is 4.15. The molecule has 1 N–H and O–H groups in total. The number of ether oxygens (including phenoxy) is 2. The predicted octanol–water partition coefficient (Wildman–Crippen LogP) is 4.43. The summed E-state index contributed by atoms with van der Waals surface area (Å²) in [5, 5.41) is 3.05. The van der Waals surface area contributed by atoms with Gasteiger partial charge in [0.25, 0.3) is 0 Å². The van der Waals surface area contributed by atoms with E-state index in [0.29, 0.717) is 62.5 Å². The molecule has 2 atom stereocenters. The van der Waals surface area contributed by atoms with Crippen molar-refractivity contribution >= 4 is 11.8 Å². The number of hydrogen-bond acceptors (Lipinski definition) is 4. The molecule has 188 valence electrons. The van der Waals surface area contributed by atoms with Gasteiger partial charge in [0.05, 0.1) is 13.7 Å². The van der Waals surface area contributed by atoms with E-state index in [1.54, 1.807) is 12.1 Å². The Morgan fingerprint density at radius 2 is 2.09 bits per heavy atom. The third-order valence-corrected chi connectivity index (χ3v) is 7.19. The third kappa shape index (κ3) is 6.53. The van der Waals surface area contributed by atoms with Gasteiger partial charge in [0, 0.05) is 43.5 Å². The minimum Gasteiger partial charge on any atom is -0.497 e. The number of nitrogens with one attached hydrogen (secondary N) is 1. The van der Waals surface area contributed by atoms with Crippen molar-refractivity contribution in [3.8, 4) is 11.5 Å². The van der Waals surface area contributed by atoms with Gasteiger partial charge in [-0.25, -0.2) is 4.39 Å². The van der Waals surface area contributed by atoms with Crippen LogP contribution in [0, 0.1) is 18.7 Å². The maximum Gasteiger partial charge on any atom is 0.222 e. The molecule has 6 nitrogen and oxygen atoms in total. The average Bonchev–Trinajstić information content (AvgIpc) is 3.23. The van der Waals surface area contributed by atoms with E-state index in [0.717, 1.165) is 30.7 Å². The fourth-order valence-corrected chi connectivity index (χ4v) is 5.20. The van der Waals surface area contributed by atoms with Crippen molar-refractivity contribution in [1.82, 2.24) is 10.2 Å². The van der Waals surface area contributed by atoms with Crippen LogP contribution in [0.4, 0.5) is 4.39 Å². The minimum absolute atomic E-state index is 0.0438. The Kier molecular flexibility index (Phi) is 7.93. The maximum atomic E-state index is 14.6. The molecule has 7 heteroatoms. The third-order valence-electron chi connectivity index (χ3n) is 7.19. The molecule has 2 aliphatic rings. The average molecular weight is 483 g/mol. The van der Waals surface area contributed by atoms with E-state index in [1.165, 1.54) is 13.2 Å². The molecule has 2 aromatic rings. The Bertz CT molecular complexity index is 1060. The van der Waals surface area contributed by atoms with E-state index in [9.17, 15) is 14.0 Å². The maximum absolute atomic E-state index is 14.6. The van der Waals surface area contributed by atoms with E-state index in [2.05, 4.69) is 5.32 Å². The number of amides is 2. The number of aryl methyl sites for hydroxylation is 1. The van der Waals surface area contributed by atoms with Gasteiger partial charge >= 0.3 is 0 Å². The van der Waals surface area contributed by atoms with Crippen molar-refractivity contribution in [3.63, 3.8) is 0 Å². The quantitative estimate of drug-likeness (QED) is 0.574. The molecule has 2 aliphatic heterocycles. The number of hydrogen-bond donors (Lipinski definition) is 1. The molecule has 35 heavy (non-hydrogen) atoms. The number of piperidine rings is 1. The topological polar surface area (TPSA) is 67.9 Å². The second kappa shape index (κ2) is 11.1. The van der Waals surface area contributed by atoms with Gasteiger partial charge < -0.3 is 19.7 Å². The zero-order chi connectivity index (χ0) is 24.8. The Morgan fingerprint density at radius 3 is 2.80 bits per heavy atom. The number of carbonyl (C=O) groups excluding carboxylic acids is 2. The van der Waals surface area contributed by atoms with Gasteiger partial charge in [0.2, 0.25) is 11.8 Å². The van der Waals surface area contributed by atoms with Crippen molar-refractivity contribution in [3.05, 3.63) is 59.4 Å². The van der Waals surface area contributed by atoms with Gasteiger partial charge in [0.1, 0.15) is 17.3 Å². The lowest BCUT2D eigenvalue weighted by Gasteiger charge is -2.34. The normalized spacial score (nSPS) is 22.1. The van der Waals surface area contributed by atoms with Crippen LogP contribution in [0.15, 0.2) is 42.5 Å². The molecule has 0 bridgehead atoms. The lowest BCUT2D eigenvalue weighted by atomic mass is 9.84. The van der Waals surface area contributed by atoms with Crippen LogP contribution in [0.1, 0.15) is 49.7 Å². The van der Waals surface area contributed by atoms with Crippen LogP contribution in [0.5, 0.6) is 11.5 Å². The minimum atomic E-state index is -0.606. The fraction of sp³-hybridized carbons (Fsp3) is 0.500. The van der Waals surface area contributed by atoms with Gasteiger partial charge in [-0.05, 0) is 68.4 Å². The first-order chi connectivity index (χ1) is 16.9. The number of carbonyl (C=O) groups is 2. The van der Waals surface area contributed by atoms with E-state index in [1.807, 2.05) is 36.1 Å². The number of methoxy groups -OCH3 is 1. The predicted molar refractivity (Wildman–Crippen MR) is 132 cm³/mol. The first kappa shape index (κ1) is 25.0.